The van der Waals surface area contributed by atoms with E-state index in [1.807, 2.05) is 0 Å². The average molecular weight is 445 g/mol. The Kier molecular flexibility index (Phi) is 7.33. The smallest absolute Gasteiger partial charge is 0.192 e. The molecule has 1 spiro atoms. The summed E-state index contributed by atoms with van der Waals surface area (Å²) in [6, 6.07) is 0. The molecule has 0 N–H and O–H groups in total. The summed E-state index contributed by atoms with van der Waals surface area (Å²) in [5.41, 5.74) is 0. The average Bonchev–Trinajstić information content (AvgIpc) is 2.53. The number of hydrogen-bond donors (Lipinski definition) is 0. The van der Waals surface area contributed by atoms with Gasteiger partial charge < -0.3 is 18.3 Å². The van der Waals surface area contributed by atoms with Gasteiger partial charge in [0.2, 0.25) is 0 Å². The summed E-state index contributed by atoms with van der Waals surface area (Å²) >= 11 is 0. The second kappa shape index (κ2) is 8.32. The SMILES string of the molecule is C[C@@H]1[C@H](O[Si](C)(C)C(C)(C)C)CCOC12OCC[C@@H](O[Si](C)(C)C(C)(C)C)[C@@H]2C. The second-order valence-corrected chi connectivity index (χ2v) is 21.9. The van der Waals surface area contributed by atoms with E-state index in [0.717, 1.165) is 12.8 Å². The van der Waals surface area contributed by atoms with Gasteiger partial charge in [0.1, 0.15) is 0 Å². The highest BCUT2D eigenvalue weighted by Crippen LogP contribution is 2.48. The van der Waals surface area contributed by atoms with Crippen LogP contribution in [0, 0.1) is 11.8 Å². The topological polar surface area (TPSA) is 36.9 Å². The molecule has 2 fully saturated rings. The Bertz CT molecular complexity index is 512. The number of rotatable bonds is 4. The van der Waals surface area contributed by atoms with Gasteiger partial charge in [-0.05, 0) is 49.1 Å². The number of ether oxygens (including phenoxy) is 2. The van der Waals surface area contributed by atoms with Gasteiger partial charge in [-0.1, -0.05) is 55.4 Å². The third kappa shape index (κ3) is 5.03. The van der Waals surface area contributed by atoms with Crippen molar-refractivity contribution in [3.8, 4) is 0 Å². The first-order chi connectivity index (χ1) is 12.9. The standard InChI is InChI=1S/C23H48O4Si2/c1-17-19(26-28(9,10)21(3,4)5)13-15-24-23(17)18(2)20(14-16-25-23)27-29(11,12)22(6,7)8/h17-20H,13-16H2,1-12H3/t17-,18+,19-,20-,23?/m1/s1. The van der Waals surface area contributed by atoms with Crippen molar-refractivity contribution >= 4 is 16.6 Å². The van der Waals surface area contributed by atoms with Crippen LogP contribution in [0.15, 0.2) is 0 Å². The summed E-state index contributed by atoms with van der Waals surface area (Å²) < 4.78 is 26.6. The zero-order valence-electron chi connectivity index (χ0n) is 21.3. The minimum atomic E-state index is -1.85. The summed E-state index contributed by atoms with van der Waals surface area (Å²) in [6.07, 6.45) is 2.25. The van der Waals surface area contributed by atoms with Crippen molar-refractivity contribution in [1.29, 1.82) is 0 Å². The highest BCUT2D eigenvalue weighted by molar-refractivity contribution is 6.74. The van der Waals surface area contributed by atoms with Crippen molar-refractivity contribution in [2.45, 2.75) is 122 Å². The molecule has 2 aliphatic rings. The van der Waals surface area contributed by atoms with E-state index >= 15 is 0 Å². The summed E-state index contributed by atoms with van der Waals surface area (Å²) in [7, 11) is -3.70. The molecule has 0 aromatic carbocycles. The van der Waals surface area contributed by atoms with Crippen LogP contribution in [0.2, 0.25) is 36.3 Å². The van der Waals surface area contributed by atoms with Gasteiger partial charge >= 0.3 is 0 Å². The van der Waals surface area contributed by atoms with E-state index < -0.39 is 22.4 Å². The van der Waals surface area contributed by atoms with Crippen LogP contribution in [-0.4, -0.2) is 47.8 Å². The van der Waals surface area contributed by atoms with Crippen molar-refractivity contribution in [3.63, 3.8) is 0 Å². The Balaban J connectivity index is 2.23. The van der Waals surface area contributed by atoms with E-state index in [-0.39, 0.29) is 34.1 Å². The summed E-state index contributed by atoms with van der Waals surface area (Å²) in [4.78, 5) is 0. The molecule has 5 atom stereocenters. The first-order valence-corrected chi connectivity index (χ1v) is 17.4. The Morgan fingerprint density at radius 1 is 0.690 bits per heavy atom. The van der Waals surface area contributed by atoms with Crippen LogP contribution in [0.25, 0.3) is 0 Å². The predicted molar refractivity (Wildman–Crippen MR) is 126 cm³/mol. The number of hydrogen-bond acceptors (Lipinski definition) is 4. The normalized spacial score (nSPS) is 35.2. The Morgan fingerprint density at radius 3 is 1.28 bits per heavy atom. The lowest BCUT2D eigenvalue weighted by atomic mass is 9.78. The lowest BCUT2D eigenvalue weighted by molar-refractivity contribution is -0.347. The van der Waals surface area contributed by atoms with E-state index in [1.165, 1.54) is 0 Å². The lowest BCUT2D eigenvalue weighted by Crippen LogP contribution is -2.64. The van der Waals surface area contributed by atoms with Crippen LogP contribution in [0.4, 0.5) is 0 Å². The predicted octanol–water partition coefficient (Wildman–Crippen LogP) is 6.58. The maximum absolute atomic E-state index is 6.87. The zero-order chi connectivity index (χ0) is 22.5. The molecule has 0 aromatic rings. The summed E-state index contributed by atoms with van der Waals surface area (Å²) in [5, 5.41) is 0.399. The van der Waals surface area contributed by atoms with Crippen molar-refractivity contribution < 1.29 is 18.3 Å². The van der Waals surface area contributed by atoms with Crippen molar-refractivity contribution in [2.24, 2.45) is 11.8 Å². The van der Waals surface area contributed by atoms with Gasteiger partial charge in [-0.15, -0.1) is 0 Å². The molecule has 2 aliphatic heterocycles. The fourth-order valence-electron chi connectivity index (χ4n) is 4.10. The molecule has 0 radical (unpaired) electrons. The minimum Gasteiger partial charge on any atom is -0.413 e. The van der Waals surface area contributed by atoms with Gasteiger partial charge in [0.05, 0.1) is 25.4 Å². The molecule has 0 amide bonds. The monoisotopic (exact) mass is 444 g/mol. The van der Waals surface area contributed by atoms with E-state index in [0.29, 0.717) is 13.2 Å². The van der Waals surface area contributed by atoms with Gasteiger partial charge in [0.15, 0.2) is 22.4 Å². The molecule has 0 aromatic heterocycles. The molecule has 172 valence electrons. The van der Waals surface area contributed by atoms with Crippen LogP contribution < -0.4 is 0 Å². The Hall–Kier alpha value is 0.274. The fraction of sp³-hybridized carbons (Fsp3) is 1.00. The lowest BCUT2D eigenvalue weighted by Gasteiger charge is -2.55. The summed E-state index contributed by atoms with van der Waals surface area (Å²) in [5.74, 6) is -0.228. The Morgan fingerprint density at radius 2 is 1.00 bits per heavy atom. The van der Waals surface area contributed by atoms with Gasteiger partial charge in [0.25, 0.3) is 0 Å². The quantitative estimate of drug-likeness (QED) is 0.459. The van der Waals surface area contributed by atoms with Crippen LogP contribution >= 0.6 is 0 Å². The third-order valence-corrected chi connectivity index (χ3v) is 17.4. The van der Waals surface area contributed by atoms with E-state index in [9.17, 15) is 0 Å². The first-order valence-electron chi connectivity index (χ1n) is 11.6. The third-order valence-electron chi connectivity index (χ3n) is 8.35. The molecule has 0 saturated carbocycles. The molecule has 0 bridgehead atoms. The second-order valence-electron chi connectivity index (χ2n) is 12.4. The van der Waals surface area contributed by atoms with Gasteiger partial charge in [-0.25, -0.2) is 0 Å². The molecule has 4 nitrogen and oxygen atoms in total. The van der Waals surface area contributed by atoms with E-state index in [2.05, 4.69) is 81.6 Å². The highest BCUT2D eigenvalue weighted by atomic mass is 28.4. The largest absolute Gasteiger partial charge is 0.413 e. The van der Waals surface area contributed by atoms with E-state index in [4.69, 9.17) is 18.3 Å². The van der Waals surface area contributed by atoms with Crippen molar-refractivity contribution in [3.05, 3.63) is 0 Å². The molecule has 1 unspecified atom stereocenters. The molecule has 29 heavy (non-hydrogen) atoms. The van der Waals surface area contributed by atoms with Crippen LogP contribution in [0.5, 0.6) is 0 Å². The molecule has 6 heteroatoms. The van der Waals surface area contributed by atoms with Crippen LogP contribution in [-0.2, 0) is 18.3 Å². The molecular formula is C23H48O4Si2. The summed E-state index contributed by atoms with van der Waals surface area (Å²) in [6.45, 7) is 29.1. The fourth-order valence-corrected chi connectivity index (χ4v) is 6.97. The first kappa shape index (κ1) is 25.5. The molecule has 2 heterocycles. The maximum atomic E-state index is 6.87. The molecule has 2 rings (SSSR count). The van der Waals surface area contributed by atoms with Gasteiger partial charge in [-0.3, -0.25) is 0 Å². The van der Waals surface area contributed by atoms with Gasteiger partial charge in [-0.2, -0.15) is 0 Å². The Labute approximate surface area is 182 Å². The van der Waals surface area contributed by atoms with E-state index in [1.54, 1.807) is 0 Å². The zero-order valence-corrected chi connectivity index (χ0v) is 23.3. The van der Waals surface area contributed by atoms with Gasteiger partial charge in [0, 0.05) is 11.8 Å². The maximum Gasteiger partial charge on any atom is 0.192 e. The molecular weight excluding hydrogens is 396 g/mol. The molecule has 0 aliphatic carbocycles. The highest BCUT2D eigenvalue weighted by Gasteiger charge is 2.56. The van der Waals surface area contributed by atoms with Crippen molar-refractivity contribution in [2.75, 3.05) is 13.2 Å². The van der Waals surface area contributed by atoms with Crippen molar-refractivity contribution in [1.82, 2.24) is 0 Å². The van der Waals surface area contributed by atoms with Crippen LogP contribution in [0.3, 0.4) is 0 Å². The van der Waals surface area contributed by atoms with Crippen LogP contribution in [0.1, 0.15) is 68.2 Å². The minimum absolute atomic E-state index is 0.179. The molecule has 2 saturated heterocycles.